The first-order valence-corrected chi connectivity index (χ1v) is 4.06. The van der Waals surface area contributed by atoms with Gasteiger partial charge in [-0.15, -0.1) is 11.6 Å². The number of aliphatic carboxylic acids is 2. The summed E-state index contributed by atoms with van der Waals surface area (Å²) in [5.74, 6) is -1.91. The molecule has 0 aromatic rings. The Morgan fingerprint density at radius 1 is 1.31 bits per heavy atom. The quantitative estimate of drug-likeness (QED) is 0.321. The smallest absolute Gasteiger partial charge is 1.00 e. The molecule has 0 fully saturated rings. The molecule has 6 heteroatoms. The second kappa shape index (κ2) is 8.81. The second-order valence-electron chi connectivity index (χ2n) is 2.45. The monoisotopic (exact) mass is 218 g/mol. The van der Waals surface area contributed by atoms with Crippen LogP contribution in [0.15, 0.2) is 0 Å². The van der Waals surface area contributed by atoms with Crippen LogP contribution in [0.5, 0.6) is 0 Å². The second-order valence-corrected chi connectivity index (χ2v) is 2.97. The summed E-state index contributed by atoms with van der Waals surface area (Å²) in [6.07, 6.45) is 1.41. The largest absolute Gasteiger partial charge is 1.00 e. The topological polar surface area (TPSA) is 74.6 Å². The fraction of sp³-hybridized carbons (Fsp3) is 0.714. The van der Waals surface area contributed by atoms with Crippen molar-refractivity contribution in [2.24, 2.45) is 0 Å². The minimum absolute atomic E-state index is 0. The molecular formula is C7H12ClNaO4. The molecule has 1 atom stereocenters. The maximum absolute atomic E-state index is 10.2. The summed E-state index contributed by atoms with van der Waals surface area (Å²) in [5.41, 5.74) is 0. The van der Waals surface area contributed by atoms with Crippen LogP contribution in [0.3, 0.4) is 0 Å². The van der Waals surface area contributed by atoms with Crippen molar-refractivity contribution < 1.29 is 50.8 Å². The van der Waals surface area contributed by atoms with Crippen LogP contribution in [0.1, 0.15) is 27.1 Å². The normalized spacial score (nSPS) is 11.5. The van der Waals surface area contributed by atoms with Crippen molar-refractivity contribution in [1.29, 1.82) is 0 Å². The maximum atomic E-state index is 10.2. The SMILES string of the molecule is O=C(O)CCCCC(Cl)C(=O)O.[H-].[Na+]. The van der Waals surface area contributed by atoms with Gasteiger partial charge in [-0.3, -0.25) is 9.59 Å². The van der Waals surface area contributed by atoms with Gasteiger partial charge in [0.2, 0.25) is 0 Å². The summed E-state index contributed by atoms with van der Waals surface area (Å²) in [6, 6.07) is 0. The summed E-state index contributed by atoms with van der Waals surface area (Å²) < 4.78 is 0. The van der Waals surface area contributed by atoms with Crippen molar-refractivity contribution >= 4 is 23.5 Å². The van der Waals surface area contributed by atoms with Crippen molar-refractivity contribution in [3.63, 3.8) is 0 Å². The molecule has 13 heavy (non-hydrogen) atoms. The van der Waals surface area contributed by atoms with Crippen molar-refractivity contribution in [2.45, 2.75) is 31.1 Å². The Bertz CT molecular complexity index is 179. The standard InChI is InChI=1S/C7H11ClO4.Na.H/c8-5(7(11)12)3-1-2-4-6(9)10;;/h5H,1-4H2,(H,9,10)(H,11,12);;/q;+1;-1. The third-order valence-corrected chi connectivity index (χ3v) is 1.77. The molecule has 0 bridgehead atoms. The number of rotatable bonds is 6. The summed E-state index contributed by atoms with van der Waals surface area (Å²) in [4.78, 5) is 20.2. The molecule has 0 aromatic heterocycles. The van der Waals surface area contributed by atoms with E-state index in [1.807, 2.05) is 0 Å². The van der Waals surface area contributed by atoms with E-state index in [1.54, 1.807) is 0 Å². The Morgan fingerprint density at radius 2 is 1.85 bits per heavy atom. The fourth-order valence-electron chi connectivity index (χ4n) is 0.723. The van der Waals surface area contributed by atoms with Crippen LogP contribution in [-0.4, -0.2) is 27.5 Å². The van der Waals surface area contributed by atoms with Gasteiger partial charge in [-0.2, -0.15) is 0 Å². The number of carboxylic acids is 2. The molecule has 0 aliphatic carbocycles. The summed E-state index contributed by atoms with van der Waals surface area (Å²) in [5, 5.41) is 15.7. The fourth-order valence-corrected chi connectivity index (χ4v) is 0.878. The molecule has 0 aromatic carbocycles. The van der Waals surface area contributed by atoms with Crippen LogP contribution in [0.4, 0.5) is 0 Å². The van der Waals surface area contributed by atoms with E-state index < -0.39 is 17.3 Å². The number of hydrogen-bond donors (Lipinski definition) is 2. The molecule has 0 amide bonds. The Labute approximate surface area is 105 Å². The van der Waals surface area contributed by atoms with Crippen LogP contribution >= 0.6 is 11.6 Å². The zero-order chi connectivity index (χ0) is 9.56. The number of carbonyl (C=O) groups is 2. The van der Waals surface area contributed by atoms with E-state index in [0.29, 0.717) is 19.3 Å². The molecule has 0 heterocycles. The molecule has 4 nitrogen and oxygen atoms in total. The number of alkyl halides is 1. The molecule has 0 saturated heterocycles. The maximum Gasteiger partial charge on any atom is 1.00 e. The summed E-state index contributed by atoms with van der Waals surface area (Å²) in [7, 11) is 0. The van der Waals surface area contributed by atoms with Gasteiger partial charge in [-0.05, 0) is 12.8 Å². The first-order valence-electron chi connectivity index (χ1n) is 3.62. The van der Waals surface area contributed by atoms with E-state index in [9.17, 15) is 9.59 Å². The summed E-state index contributed by atoms with van der Waals surface area (Å²) >= 11 is 5.38. The van der Waals surface area contributed by atoms with Gasteiger partial charge in [0, 0.05) is 6.42 Å². The minimum atomic E-state index is -1.05. The molecule has 0 rings (SSSR count). The number of hydrogen-bond acceptors (Lipinski definition) is 2. The zero-order valence-corrected chi connectivity index (χ0v) is 10.3. The third-order valence-electron chi connectivity index (χ3n) is 1.37. The van der Waals surface area contributed by atoms with E-state index in [4.69, 9.17) is 21.8 Å². The Hall–Kier alpha value is 0.230. The molecular weight excluding hydrogens is 207 g/mol. The van der Waals surface area contributed by atoms with Crippen molar-refractivity contribution in [2.75, 3.05) is 0 Å². The van der Waals surface area contributed by atoms with Crippen LogP contribution in [0, 0.1) is 0 Å². The van der Waals surface area contributed by atoms with Crippen LogP contribution in [0.2, 0.25) is 0 Å². The third kappa shape index (κ3) is 10.1. The van der Waals surface area contributed by atoms with E-state index in [-0.39, 0.29) is 37.4 Å². The van der Waals surface area contributed by atoms with Crippen LogP contribution in [0.25, 0.3) is 0 Å². The molecule has 72 valence electrons. The van der Waals surface area contributed by atoms with Crippen molar-refractivity contribution in [3.8, 4) is 0 Å². The molecule has 0 saturated carbocycles. The van der Waals surface area contributed by atoms with E-state index in [2.05, 4.69) is 0 Å². The molecule has 0 aliphatic heterocycles. The first kappa shape index (κ1) is 15.7. The van der Waals surface area contributed by atoms with Crippen molar-refractivity contribution in [1.82, 2.24) is 0 Å². The molecule has 0 aliphatic rings. The molecule has 1 unspecified atom stereocenters. The zero-order valence-electron chi connectivity index (χ0n) is 8.49. The Balaban J connectivity index is -0.000000605. The van der Waals surface area contributed by atoms with Gasteiger partial charge in [0.15, 0.2) is 0 Å². The van der Waals surface area contributed by atoms with Gasteiger partial charge < -0.3 is 11.6 Å². The molecule has 0 spiro atoms. The van der Waals surface area contributed by atoms with Crippen LogP contribution in [-0.2, 0) is 9.59 Å². The molecule has 2 N–H and O–H groups in total. The van der Waals surface area contributed by atoms with Gasteiger partial charge in [0.05, 0.1) is 0 Å². The number of halogens is 1. The van der Waals surface area contributed by atoms with Gasteiger partial charge in [-0.25, -0.2) is 0 Å². The van der Waals surface area contributed by atoms with Crippen molar-refractivity contribution in [3.05, 3.63) is 0 Å². The van der Waals surface area contributed by atoms with Gasteiger partial charge in [-0.1, -0.05) is 6.42 Å². The van der Waals surface area contributed by atoms with E-state index in [1.165, 1.54) is 0 Å². The van der Waals surface area contributed by atoms with Gasteiger partial charge in [0.1, 0.15) is 5.38 Å². The van der Waals surface area contributed by atoms with E-state index >= 15 is 0 Å². The first-order chi connectivity index (χ1) is 5.54. The summed E-state index contributed by atoms with van der Waals surface area (Å²) in [6.45, 7) is 0. The Kier molecular flexibility index (Phi) is 10.6. The average molecular weight is 219 g/mol. The minimum Gasteiger partial charge on any atom is -1.00 e. The number of unbranched alkanes of at least 4 members (excludes halogenated alkanes) is 1. The van der Waals surface area contributed by atoms with Gasteiger partial charge in [0.25, 0.3) is 0 Å². The number of carboxylic acid groups (broad SMARTS) is 2. The van der Waals surface area contributed by atoms with Crippen LogP contribution < -0.4 is 29.6 Å². The predicted molar refractivity (Wildman–Crippen MR) is 44.5 cm³/mol. The average Bonchev–Trinajstić information content (AvgIpc) is 1.97. The predicted octanol–water partition coefficient (Wildman–Crippen LogP) is -1.56. The Morgan fingerprint density at radius 3 is 2.23 bits per heavy atom. The molecule has 0 radical (unpaired) electrons. The van der Waals surface area contributed by atoms with E-state index in [0.717, 1.165) is 0 Å². The van der Waals surface area contributed by atoms with Gasteiger partial charge >= 0.3 is 41.5 Å².